The first kappa shape index (κ1) is 41.9. The Morgan fingerprint density at radius 2 is 1.49 bits per heavy atom. The predicted molar refractivity (Wildman–Crippen MR) is 223 cm³/mol. The fourth-order valence-electron chi connectivity index (χ4n) is 8.06. The molecule has 2 aromatic rings. The Hall–Kier alpha value is -4.30. The summed E-state index contributed by atoms with van der Waals surface area (Å²) in [6.45, 7) is 17.3. The number of carboxylic acids is 2. The number of fused-ring (bicyclic) bond motifs is 2. The van der Waals surface area contributed by atoms with Gasteiger partial charge in [-0.2, -0.15) is 4.58 Å². The number of hydrogen-bond acceptors (Lipinski definition) is 5. The largest absolute Gasteiger partial charge is 0.494 e. The molecular formula is C46H60ClN2O6+. The Balaban J connectivity index is 1.52. The van der Waals surface area contributed by atoms with Gasteiger partial charge in [0.1, 0.15) is 17.9 Å². The van der Waals surface area contributed by atoms with E-state index in [9.17, 15) is 19.8 Å². The summed E-state index contributed by atoms with van der Waals surface area (Å²) in [5, 5.41) is 20.0. The van der Waals surface area contributed by atoms with Gasteiger partial charge in [-0.05, 0) is 98.6 Å². The van der Waals surface area contributed by atoms with E-state index in [-0.39, 0.29) is 12.8 Å². The van der Waals surface area contributed by atoms with Crippen molar-refractivity contribution in [2.24, 2.45) is 5.92 Å². The van der Waals surface area contributed by atoms with Crippen molar-refractivity contribution in [3.63, 3.8) is 0 Å². The fraction of sp³-hybridized carbons (Fsp3) is 0.500. The maximum Gasteiger partial charge on any atom is 0.309 e. The van der Waals surface area contributed by atoms with Crippen molar-refractivity contribution in [2.45, 2.75) is 117 Å². The maximum absolute atomic E-state index is 11.8. The van der Waals surface area contributed by atoms with Crippen LogP contribution in [0.2, 0.25) is 0 Å². The summed E-state index contributed by atoms with van der Waals surface area (Å²) in [6, 6.07) is 12.3. The lowest BCUT2D eigenvalue weighted by Gasteiger charge is -2.28. The number of benzene rings is 2. The molecule has 2 aromatic carbocycles. The number of allylic oxidation sites excluding steroid dienone is 8. The number of unbranched alkanes of at least 4 members (excludes halogenated alkanes) is 2. The van der Waals surface area contributed by atoms with E-state index in [4.69, 9.17) is 21.1 Å². The molecule has 0 radical (unpaired) electrons. The Labute approximate surface area is 332 Å². The Morgan fingerprint density at radius 1 is 0.855 bits per heavy atom. The number of halogens is 1. The summed E-state index contributed by atoms with van der Waals surface area (Å²) < 4.78 is 14.3. The highest BCUT2D eigenvalue weighted by molar-refractivity contribution is 6.32. The quantitative estimate of drug-likeness (QED) is 0.115. The van der Waals surface area contributed by atoms with Crippen LogP contribution >= 0.6 is 11.6 Å². The fourth-order valence-corrected chi connectivity index (χ4v) is 8.34. The van der Waals surface area contributed by atoms with Crippen LogP contribution in [0.3, 0.4) is 0 Å². The molecule has 3 aliphatic rings. The van der Waals surface area contributed by atoms with Crippen LogP contribution in [0, 0.1) is 5.92 Å². The molecule has 2 aliphatic heterocycles. The minimum absolute atomic E-state index is 0.0153. The second kappa shape index (κ2) is 18.1. The van der Waals surface area contributed by atoms with Crippen LogP contribution < -0.4 is 14.4 Å². The molecule has 9 heteroatoms. The van der Waals surface area contributed by atoms with E-state index in [1.165, 1.54) is 0 Å². The zero-order valence-electron chi connectivity index (χ0n) is 33.8. The summed E-state index contributed by atoms with van der Waals surface area (Å²) >= 11 is 7.31. The summed E-state index contributed by atoms with van der Waals surface area (Å²) in [4.78, 5) is 25.7. The van der Waals surface area contributed by atoms with Crippen LogP contribution in [-0.2, 0) is 20.4 Å². The zero-order chi connectivity index (χ0) is 39.9. The molecule has 0 saturated heterocycles. The molecule has 55 heavy (non-hydrogen) atoms. The van der Waals surface area contributed by atoms with Crippen LogP contribution in [0.15, 0.2) is 82.6 Å². The van der Waals surface area contributed by atoms with Gasteiger partial charge in [0.25, 0.3) is 0 Å². The Kier molecular flexibility index (Phi) is 13.8. The first-order chi connectivity index (χ1) is 26.2. The van der Waals surface area contributed by atoms with Crippen molar-refractivity contribution >= 4 is 40.6 Å². The lowest BCUT2D eigenvalue weighted by atomic mass is 9.80. The first-order valence-corrected chi connectivity index (χ1v) is 20.5. The van der Waals surface area contributed by atoms with Crippen LogP contribution in [0.4, 0.5) is 11.4 Å². The van der Waals surface area contributed by atoms with Crippen molar-refractivity contribution in [1.29, 1.82) is 0 Å². The van der Waals surface area contributed by atoms with Gasteiger partial charge in [0.15, 0.2) is 12.3 Å². The third-order valence-corrected chi connectivity index (χ3v) is 11.9. The van der Waals surface area contributed by atoms with E-state index in [1.54, 1.807) is 0 Å². The van der Waals surface area contributed by atoms with E-state index in [0.29, 0.717) is 32.2 Å². The lowest BCUT2D eigenvalue weighted by Crippen LogP contribution is -2.28. The molecule has 0 saturated carbocycles. The third kappa shape index (κ3) is 9.40. The van der Waals surface area contributed by atoms with Gasteiger partial charge in [0.2, 0.25) is 5.69 Å². The van der Waals surface area contributed by atoms with E-state index >= 15 is 0 Å². The predicted octanol–water partition coefficient (Wildman–Crippen LogP) is 10.8. The number of hydrogen-bond donors (Lipinski definition) is 2. The van der Waals surface area contributed by atoms with Crippen molar-refractivity contribution in [3.05, 3.63) is 93.7 Å². The molecule has 1 unspecified atom stereocenters. The summed E-state index contributed by atoms with van der Waals surface area (Å²) in [6.07, 6.45) is 15.3. The van der Waals surface area contributed by atoms with Gasteiger partial charge < -0.3 is 24.6 Å². The molecule has 0 spiro atoms. The molecule has 1 atom stereocenters. The molecule has 0 fully saturated rings. The summed E-state index contributed by atoms with van der Waals surface area (Å²) in [7, 11) is 0. The topological polar surface area (TPSA) is 99.3 Å². The number of ether oxygens (including phenoxy) is 2. The molecular weight excluding hydrogens is 712 g/mol. The third-order valence-electron chi connectivity index (χ3n) is 11.4. The van der Waals surface area contributed by atoms with Gasteiger partial charge in [0, 0.05) is 46.1 Å². The number of aliphatic carboxylic acids is 2. The minimum Gasteiger partial charge on any atom is -0.494 e. The van der Waals surface area contributed by atoms with Gasteiger partial charge >= 0.3 is 11.9 Å². The maximum atomic E-state index is 11.8. The molecule has 2 heterocycles. The van der Waals surface area contributed by atoms with Crippen LogP contribution in [0.1, 0.15) is 117 Å². The number of anilines is 1. The van der Waals surface area contributed by atoms with Gasteiger partial charge in [-0.25, -0.2) is 0 Å². The van der Waals surface area contributed by atoms with Crippen molar-refractivity contribution in [2.75, 3.05) is 31.2 Å². The van der Waals surface area contributed by atoms with Crippen molar-refractivity contribution in [3.8, 4) is 11.5 Å². The monoisotopic (exact) mass is 771 g/mol. The van der Waals surface area contributed by atoms with E-state index in [1.807, 2.05) is 12.1 Å². The number of carboxylic acid groups (broad SMARTS) is 2. The summed E-state index contributed by atoms with van der Waals surface area (Å²) in [5.74, 6) is 0.381. The highest BCUT2D eigenvalue weighted by atomic mass is 35.5. The van der Waals surface area contributed by atoms with Crippen LogP contribution in [0.25, 0.3) is 0 Å². The Morgan fingerprint density at radius 3 is 2.11 bits per heavy atom. The molecule has 0 aromatic heterocycles. The number of nitrogens with zero attached hydrogens (tertiary/aromatic N) is 2. The molecule has 8 nitrogen and oxygen atoms in total. The van der Waals surface area contributed by atoms with Gasteiger partial charge in [0.05, 0.1) is 25.0 Å². The van der Waals surface area contributed by atoms with Crippen LogP contribution in [0.5, 0.6) is 11.5 Å². The second-order valence-corrected chi connectivity index (χ2v) is 16.5. The molecule has 296 valence electrons. The Bertz CT molecular complexity index is 1920. The van der Waals surface area contributed by atoms with E-state index < -0.39 is 22.8 Å². The molecule has 1 aliphatic carbocycles. The molecule has 0 bridgehead atoms. The molecule has 5 rings (SSSR count). The highest BCUT2D eigenvalue weighted by Crippen LogP contribution is 2.50. The lowest BCUT2D eigenvalue weighted by molar-refractivity contribution is -0.436. The molecule has 2 N–H and O–H groups in total. The van der Waals surface area contributed by atoms with E-state index in [2.05, 4.69) is 107 Å². The number of rotatable bonds is 18. The molecule has 0 amide bonds. The van der Waals surface area contributed by atoms with Crippen molar-refractivity contribution < 1.29 is 33.9 Å². The van der Waals surface area contributed by atoms with Gasteiger partial charge in [-0.1, -0.05) is 77.6 Å². The highest BCUT2D eigenvalue weighted by Gasteiger charge is 2.45. The van der Waals surface area contributed by atoms with Crippen molar-refractivity contribution in [1.82, 2.24) is 0 Å². The average Bonchev–Trinajstić information content (AvgIpc) is 3.49. The van der Waals surface area contributed by atoms with Crippen LogP contribution in [-0.4, -0.2) is 58.7 Å². The first-order valence-electron chi connectivity index (χ1n) is 20.1. The van der Waals surface area contributed by atoms with Gasteiger partial charge in [-0.3, -0.25) is 9.59 Å². The SMILES string of the molecule is CCCCOc1ccc2c(c1)C(C)(C)C(=CC=C1CC(CC)CC(C=CC3=[N+](CCC(=O)O)c4ccc(OCCCC)cc4C3(C)C)=C1Cl)N2CCC(=O)O. The van der Waals surface area contributed by atoms with Gasteiger partial charge in [-0.15, -0.1) is 0 Å². The standard InChI is InChI=1S/C46H59ClN2O6/c1-8-11-25-54-34-15-17-38-36(29-34)45(4,5)40(48(38)23-21-42(50)51)19-13-32-27-31(10-3)28-33(44(32)47)14-20-41-46(6,7)37-30-35(55-26-12-9-2)16-18-39(37)49(41)24-22-43(52)53/h13-20,29-31H,8-12,21-28H2,1-7H3,(H-,50,51,52,53)/p+1. The average molecular weight is 772 g/mol. The summed E-state index contributed by atoms with van der Waals surface area (Å²) in [5.41, 5.74) is 7.59. The zero-order valence-corrected chi connectivity index (χ0v) is 34.6. The van der Waals surface area contributed by atoms with E-state index in [0.717, 1.165) is 107 Å². The normalized spacial score (nSPS) is 20.1. The number of carbonyl (C=O) groups is 2. The second-order valence-electron chi connectivity index (χ2n) is 16.1. The minimum atomic E-state index is -0.836. The smallest absolute Gasteiger partial charge is 0.309 e.